The Balaban J connectivity index is 2.85. The van der Waals surface area contributed by atoms with E-state index in [-0.39, 0.29) is 17.2 Å². The Labute approximate surface area is 209 Å². The van der Waals surface area contributed by atoms with Crippen LogP contribution in [0.2, 0.25) is 0 Å². The van der Waals surface area contributed by atoms with Gasteiger partial charge in [-0.15, -0.1) is 0 Å². The fourth-order valence-electron chi connectivity index (χ4n) is 3.84. The van der Waals surface area contributed by atoms with Gasteiger partial charge in [-0.1, -0.05) is 51.5 Å². The third-order valence-corrected chi connectivity index (χ3v) is 9.41. The van der Waals surface area contributed by atoms with Gasteiger partial charge in [-0.25, -0.2) is 4.98 Å². The molecule has 1 unspecified atom stereocenters. The summed E-state index contributed by atoms with van der Waals surface area (Å²) < 4.78 is 5.78. The highest BCUT2D eigenvalue weighted by atomic mass is 33.1. The number of hydrogen-bond donors (Lipinski definition) is 1. The van der Waals surface area contributed by atoms with Crippen molar-refractivity contribution in [3.05, 3.63) is 24.4 Å². The van der Waals surface area contributed by atoms with Crippen molar-refractivity contribution < 1.29 is 14.3 Å². The number of nitrogens with zero attached hydrogens (tertiary/aromatic N) is 1. The Morgan fingerprint density at radius 3 is 2.09 bits per heavy atom. The van der Waals surface area contributed by atoms with Crippen molar-refractivity contribution in [1.29, 1.82) is 0 Å². The lowest BCUT2D eigenvalue weighted by Crippen LogP contribution is -2.63. The number of hydrogen-bond acceptors (Lipinski definition) is 7. The number of carbonyl (C=O) groups excluding carboxylic acids is 2. The summed E-state index contributed by atoms with van der Waals surface area (Å²) in [5.41, 5.74) is -2.42. The topological polar surface area (TPSA) is 68.3 Å². The van der Waals surface area contributed by atoms with Crippen LogP contribution in [0.4, 0.5) is 0 Å². The smallest absolute Gasteiger partial charge is 0.312 e. The number of pyridine rings is 1. The van der Waals surface area contributed by atoms with Gasteiger partial charge >= 0.3 is 5.97 Å². The Kier molecular flexibility index (Phi) is 10.1. The third-order valence-electron chi connectivity index (χ3n) is 7.18. The van der Waals surface area contributed by atoms with Gasteiger partial charge in [0.1, 0.15) is 17.4 Å². The summed E-state index contributed by atoms with van der Waals surface area (Å²) in [4.78, 5) is 29.9. The fourth-order valence-corrected chi connectivity index (χ4v) is 5.55. The van der Waals surface area contributed by atoms with E-state index in [0.29, 0.717) is 18.8 Å². The largest absolute Gasteiger partial charge is 0.464 e. The van der Waals surface area contributed by atoms with E-state index in [0.717, 1.165) is 5.03 Å². The highest BCUT2D eigenvalue weighted by molar-refractivity contribution is 8.76. The quantitative estimate of drug-likeness (QED) is 0.199. The van der Waals surface area contributed by atoms with Gasteiger partial charge in [-0.2, -0.15) is 0 Å². The van der Waals surface area contributed by atoms with Crippen molar-refractivity contribution in [3.8, 4) is 0 Å². The maximum atomic E-state index is 13.4. The van der Waals surface area contributed by atoms with Crippen LogP contribution in [0.3, 0.4) is 0 Å². The molecule has 0 radical (unpaired) electrons. The van der Waals surface area contributed by atoms with Gasteiger partial charge < -0.3 is 10.1 Å². The van der Waals surface area contributed by atoms with Crippen LogP contribution >= 0.6 is 21.6 Å². The molecule has 1 N–H and O–H groups in total. The maximum Gasteiger partial charge on any atom is 0.312 e. The molecule has 7 heteroatoms. The van der Waals surface area contributed by atoms with Crippen molar-refractivity contribution in [2.24, 2.45) is 16.2 Å². The summed E-state index contributed by atoms with van der Waals surface area (Å²) in [6, 6.07) is 5.81. The Bertz CT molecular complexity index is 802. The number of aromatic nitrogens is 1. The van der Waals surface area contributed by atoms with Gasteiger partial charge in [0.2, 0.25) is 0 Å². The zero-order valence-corrected chi connectivity index (χ0v) is 24.1. The predicted molar refractivity (Wildman–Crippen MR) is 141 cm³/mol. The molecule has 1 atom stereocenters. The van der Waals surface area contributed by atoms with Crippen molar-refractivity contribution in [1.82, 2.24) is 10.3 Å². The lowest BCUT2D eigenvalue weighted by atomic mass is 9.62. The maximum absolute atomic E-state index is 13.4. The molecule has 0 saturated heterocycles. The zero-order valence-electron chi connectivity index (χ0n) is 22.4. The standard InChI is InChI=1S/C26H44N2O3S2/c1-19(29)24(7,8)25(9,10)28-23(5,6)18-26(11,22(2,3)4)21(30)31-16-17-32-33-20-14-12-13-15-27-20/h12-15,28H,16-18H2,1-11H3. The third kappa shape index (κ3) is 8.00. The first-order chi connectivity index (χ1) is 14.9. The first-order valence-corrected chi connectivity index (χ1v) is 13.9. The minimum Gasteiger partial charge on any atom is -0.464 e. The van der Waals surface area contributed by atoms with Crippen LogP contribution < -0.4 is 5.32 Å². The van der Waals surface area contributed by atoms with E-state index in [1.807, 2.05) is 39.0 Å². The molecule has 33 heavy (non-hydrogen) atoms. The molecule has 0 spiro atoms. The molecule has 1 aromatic heterocycles. The van der Waals surface area contributed by atoms with Crippen LogP contribution in [-0.4, -0.2) is 40.2 Å². The number of Topliss-reactive ketones (excluding diaryl/α,β-unsaturated/α-hetero) is 1. The molecule has 1 aromatic rings. The first-order valence-electron chi connectivity index (χ1n) is 11.5. The van der Waals surface area contributed by atoms with Crippen LogP contribution in [-0.2, 0) is 14.3 Å². The van der Waals surface area contributed by atoms with Gasteiger partial charge in [0, 0.05) is 28.4 Å². The van der Waals surface area contributed by atoms with E-state index in [1.54, 1.807) is 34.7 Å². The number of ether oxygens (including phenoxy) is 1. The van der Waals surface area contributed by atoms with Gasteiger partial charge in [-0.3, -0.25) is 9.59 Å². The SMILES string of the molecule is CC(=O)C(C)(C)C(C)(C)NC(C)(C)CC(C)(C(=O)OCCSSc1ccccn1)C(C)(C)C. The van der Waals surface area contributed by atoms with Crippen molar-refractivity contribution >= 4 is 33.3 Å². The average molecular weight is 497 g/mol. The predicted octanol–water partition coefficient (Wildman–Crippen LogP) is 6.57. The summed E-state index contributed by atoms with van der Waals surface area (Å²) in [6.07, 6.45) is 2.35. The normalized spacial score (nSPS) is 15.1. The minimum atomic E-state index is -0.710. The van der Waals surface area contributed by atoms with Crippen molar-refractivity contribution in [2.45, 2.75) is 98.7 Å². The summed E-state index contributed by atoms with van der Waals surface area (Å²) >= 11 is 0. The summed E-state index contributed by atoms with van der Waals surface area (Å²) in [5.74, 6) is 0.640. The van der Waals surface area contributed by atoms with Gasteiger partial charge in [0.25, 0.3) is 0 Å². The molecule has 0 saturated carbocycles. The highest BCUT2D eigenvalue weighted by Gasteiger charge is 2.51. The summed E-state index contributed by atoms with van der Waals surface area (Å²) in [6.45, 7) is 22.5. The van der Waals surface area contributed by atoms with Crippen molar-refractivity contribution in [3.63, 3.8) is 0 Å². The molecule has 1 heterocycles. The van der Waals surface area contributed by atoms with E-state index in [9.17, 15) is 9.59 Å². The van der Waals surface area contributed by atoms with Crippen LogP contribution in [0.15, 0.2) is 29.4 Å². The Morgan fingerprint density at radius 1 is 1.00 bits per heavy atom. The molecule has 0 amide bonds. The molecular formula is C26H44N2O3S2. The molecule has 0 aromatic carbocycles. The summed E-state index contributed by atoms with van der Waals surface area (Å²) in [7, 11) is 3.21. The summed E-state index contributed by atoms with van der Waals surface area (Å²) in [5, 5.41) is 4.63. The lowest BCUT2D eigenvalue weighted by Gasteiger charge is -2.50. The molecule has 188 valence electrons. The molecule has 0 aliphatic rings. The van der Waals surface area contributed by atoms with Gasteiger partial charge in [0.15, 0.2) is 0 Å². The van der Waals surface area contributed by atoms with E-state index < -0.39 is 21.9 Å². The second kappa shape index (κ2) is 11.1. The van der Waals surface area contributed by atoms with E-state index in [2.05, 4.69) is 58.8 Å². The minimum absolute atomic E-state index is 0.134. The second-order valence-corrected chi connectivity index (χ2v) is 14.2. The number of carbonyl (C=O) groups is 2. The van der Waals surface area contributed by atoms with Crippen LogP contribution in [0, 0.1) is 16.2 Å². The van der Waals surface area contributed by atoms with Crippen LogP contribution in [0.25, 0.3) is 0 Å². The van der Waals surface area contributed by atoms with Gasteiger partial charge in [-0.05, 0) is 76.3 Å². The molecular weight excluding hydrogens is 452 g/mol. The van der Waals surface area contributed by atoms with Crippen LogP contribution in [0.5, 0.6) is 0 Å². The van der Waals surface area contributed by atoms with Crippen LogP contribution in [0.1, 0.15) is 82.6 Å². The zero-order chi connectivity index (χ0) is 25.7. The highest BCUT2D eigenvalue weighted by Crippen LogP contribution is 2.46. The van der Waals surface area contributed by atoms with Gasteiger partial charge in [0.05, 0.1) is 5.41 Å². The number of esters is 1. The monoisotopic (exact) mass is 496 g/mol. The molecule has 1 rings (SSSR count). The Morgan fingerprint density at radius 2 is 1.61 bits per heavy atom. The number of nitrogens with one attached hydrogen (secondary N) is 1. The Hall–Kier alpha value is -1.05. The molecule has 0 bridgehead atoms. The molecule has 5 nitrogen and oxygen atoms in total. The number of ketones is 1. The van der Waals surface area contributed by atoms with E-state index >= 15 is 0 Å². The van der Waals surface area contributed by atoms with Crippen molar-refractivity contribution in [2.75, 3.05) is 12.4 Å². The lowest BCUT2D eigenvalue weighted by molar-refractivity contribution is -0.164. The van der Waals surface area contributed by atoms with E-state index in [4.69, 9.17) is 4.74 Å². The second-order valence-electron chi connectivity index (χ2n) is 11.8. The fraction of sp³-hybridized carbons (Fsp3) is 0.731. The van der Waals surface area contributed by atoms with E-state index in [1.165, 1.54) is 0 Å². The molecule has 0 fully saturated rings. The molecule has 0 aliphatic heterocycles. The number of rotatable bonds is 12. The molecule has 0 aliphatic carbocycles. The first kappa shape index (κ1) is 30.0. The average Bonchev–Trinajstić information content (AvgIpc) is 2.65.